The van der Waals surface area contributed by atoms with Crippen LogP contribution in [-0.2, 0) is 16.3 Å². The second-order valence-electron chi connectivity index (χ2n) is 5.25. The van der Waals surface area contributed by atoms with Crippen LogP contribution in [0.15, 0.2) is 18.2 Å². The van der Waals surface area contributed by atoms with Gasteiger partial charge in [0.2, 0.25) is 0 Å². The highest BCUT2D eigenvalue weighted by atomic mass is 35.5. The van der Waals surface area contributed by atoms with Crippen molar-refractivity contribution in [2.24, 2.45) is 0 Å². The highest BCUT2D eigenvalue weighted by Crippen LogP contribution is 2.22. The van der Waals surface area contributed by atoms with Gasteiger partial charge in [0, 0.05) is 16.1 Å². The average molecular weight is 336 g/mol. The minimum absolute atomic E-state index is 0.106. The molecule has 1 N–H and O–H groups in total. The van der Waals surface area contributed by atoms with E-state index >= 15 is 0 Å². The van der Waals surface area contributed by atoms with Crippen LogP contribution in [0.4, 0.5) is 0 Å². The van der Waals surface area contributed by atoms with Gasteiger partial charge in [0.15, 0.2) is 9.84 Å². The molecule has 1 aliphatic heterocycles. The van der Waals surface area contributed by atoms with E-state index in [1.807, 2.05) is 12.1 Å². The van der Waals surface area contributed by atoms with Crippen LogP contribution in [0.25, 0.3) is 0 Å². The first-order valence-corrected chi connectivity index (χ1v) is 9.42. The quantitative estimate of drug-likeness (QED) is 0.841. The third-order valence-electron chi connectivity index (χ3n) is 3.53. The zero-order chi connectivity index (χ0) is 14.6. The molecule has 0 aromatic heterocycles. The molecule has 1 aliphatic rings. The molecule has 2 rings (SSSR count). The van der Waals surface area contributed by atoms with Crippen molar-refractivity contribution >= 4 is 33.0 Å². The summed E-state index contributed by atoms with van der Waals surface area (Å²) in [6.07, 6.45) is 3.50. The van der Waals surface area contributed by atoms with Crippen LogP contribution < -0.4 is 5.32 Å². The Labute approximate surface area is 130 Å². The van der Waals surface area contributed by atoms with Gasteiger partial charge in [-0.1, -0.05) is 29.3 Å². The minimum atomic E-state index is -2.83. The topological polar surface area (TPSA) is 46.2 Å². The van der Waals surface area contributed by atoms with Gasteiger partial charge in [-0.2, -0.15) is 0 Å². The molecule has 1 fully saturated rings. The fourth-order valence-corrected chi connectivity index (χ4v) is 4.67. The van der Waals surface area contributed by atoms with E-state index in [0.29, 0.717) is 15.8 Å². The molecule has 3 nitrogen and oxygen atoms in total. The highest BCUT2D eigenvalue weighted by Gasteiger charge is 2.23. The Morgan fingerprint density at radius 1 is 1.30 bits per heavy atom. The zero-order valence-electron chi connectivity index (χ0n) is 11.2. The molecular weight excluding hydrogens is 317 g/mol. The van der Waals surface area contributed by atoms with E-state index < -0.39 is 9.84 Å². The van der Waals surface area contributed by atoms with Gasteiger partial charge in [0.05, 0.1) is 11.5 Å². The number of hydrogen-bond donors (Lipinski definition) is 1. The second-order valence-corrected chi connectivity index (χ2v) is 8.32. The Hall–Kier alpha value is -0.290. The Morgan fingerprint density at radius 2 is 2.10 bits per heavy atom. The number of rotatable bonds is 5. The van der Waals surface area contributed by atoms with Crippen LogP contribution >= 0.6 is 23.2 Å². The van der Waals surface area contributed by atoms with Crippen molar-refractivity contribution in [1.29, 1.82) is 0 Å². The Morgan fingerprint density at radius 3 is 2.80 bits per heavy atom. The SMILES string of the molecule is O=S1(=O)CCCC(NCCCc2ccc(Cl)cc2Cl)C1. The lowest BCUT2D eigenvalue weighted by atomic mass is 10.1. The first-order chi connectivity index (χ1) is 9.46. The molecule has 1 heterocycles. The molecule has 0 spiro atoms. The number of sulfone groups is 1. The van der Waals surface area contributed by atoms with Gasteiger partial charge in [-0.25, -0.2) is 8.42 Å². The summed E-state index contributed by atoms with van der Waals surface area (Å²) in [4.78, 5) is 0. The first kappa shape index (κ1) is 16.1. The maximum absolute atomic E-state index is 11.5. The summed E-state index contributed by atoms with van der Waals surface area (Å²) < 4.78 is 23.0. The van der Waals surface area contributed by atoms with Crippen molar-refractivity contribution in [1.82, 2.24) is 5.32 Å². The zero-order valence-corrected chi connectivity index (χ0v) is 13.6. The Balaban J connectivity index is 1.74. The van der Waals surface area contributed by atoms with Gasteiger partial charge in [-0.15, -0.1) is 0 Å². The van der Waals surface area contributed by atoms with Crippen molar-refractivity contribution in [3.05, 3.63) is 33.8 Å². The molecule has 1 aromatic rings. The molecule has 0 bridgehead atoms. The lowest BCUT2D eigenvalue weighted by molar-refractivity contribution is 0.476. The first-order valence-electron chi connectivity index (χ1n) is 6.84. The fraction of sp³-hybridized carbons (Fsp3) is 0.571. The summed E-state index contributed by atoms with van der Waals surface area (Å²) >= 11 is 12.0. The van der Waals surface area contributed by atoms with Gasteiger partial charge in [-0.05, 0) is 49.9 Å². The van der Waals surface area contributed by atoms with Crippen LogP contribution in [0.1, 0.15) is 24.8 Å². The van der Waals surface area contributed by atoms with Gasteiger partial charge < -0.3 is 5.32 Å². The standard InChI is InChI=1S/C14H19Cl2NO2S/c15-12-6-5-11(14(16)9-12)3-1-7-17-13-4-2-8-20(18,19)10-13/h5-6,9,13,17H,1-4,7-8,10H2. The summed E-state index contributed by atoms with van der Waals surface area (Å²) in [7, 11) is -2.83. The molecule has 20 heavy (non-hydrogen) atoms. The predicted octanol–water partition coefficient (Wildman–Crippen LogP) is 3.09. The summed E-state index contributed by atoms with van der Waals surface area (Å²) in [5.74, 6) is 0.611. The molecule has 0 aliphatic carbocycles. The van der Waals surface area contributed by atoms with Crippen molar-refractivity contribution in [3.63, 3.8) is 0 Å². The third kappa shape index (κ3) is 4.92. The molecule has 112 valence electrons. The summed E-state index contributed by atoms with van der Waals surface area (Å²) in [6.45, 7) is 0.805. The van der Waals surface area contributed by atoms with Crippen molar-refractivity contribution < 1.29 is 8.42 Å². The van der Waals surface area contributed by atoms with E-state index in [0.717, 1.165) is 37.8 Å². The van der Waals surface area contributed by atoms with Crippen LogP contribution in [0, 0.1) is 0 Å². The largest absolute Gasteiger partial charge is 0.313 e. The minimum Gasteiger partial charge on any atom is -0.313 e. The molecule has 0 radical (unpaired) electrons. The molecule has 0 amide bonds. The fourth-order valence-electron chi connectivity index (χ4n) is 2.49. The van der Waals surface area contributed by atoms with Crippen molar-refractivity contribution in [2.45, 2.75) is 31.7 Å². The van der Waals surface area contributed by atoms with Crippen LogP contribution in [0.3, 0.4) is 0 Å². The molecule has 1 unspecified atom stereocenters. The van der Waals surface area contributed by atoms with Crippen LogP contribution in [-0.4, -0.2) is 32.5 Å². The highest BCUT2D eigenvalue weighted by molar-refractivity contribution is 7.91. The number of hydrogen-bond acceptors (Lipinski definition) is 3. The van der Waals surface area contributed by atoms with Gasteiger partial charge in [0.1, 0.15) is 0 Å². The predicted molar refractivity (Wildman–Crippen MR) is 84.5 cm³/mol. The normalized spacial score (nSPS) is 21.8. The van der Waals surface area contributed by atoms with Crippen LogP contribution in [0.5, 0.6) is 0 Å². The Kier molecular flexibility index (Phi) is 5.73. The second kappa shape index (κ2) is 7.12. The molecular formula is C14H19Cl2NO2S. The van der Waals surface area contributed by atoms with Crippen LogP contribution in [0.2, 0.25) is 10.0 Å². The molecule has 1 atom stereocenters. The molecule has 1 saturated heterocycles. The smallest absolute Gasteiger partial charge is 0.151 e. The van der Waals surface area contributed by atoms with E-state index in [1.54, 1.807) is 6.07 Å². The van der Waals surface area contributed by atoms with Crippen molar-refractivity contribution in [3.8, 4) is 0 Å². The molecule has 0 saturated carbocycles. The lowest BCUT2D eigenvalue weighted by Gasteiger charge is -2.23. The summed E-state index contributed by atoms with van der Waals surface area (Å²) in [5.41, 5.74) is 1.08. The monoisotopic (exact) mass is 335 g/mol. The molecule has 1 aromatic carbocycles. The molecule has 6 heteroatoms. The van der Waals surface area contributed by atoms with E-state index in [9.17, 15) is 8.42 Å². The third-order valence-corrected chi connectivity index (χ3v) is 5.94. The number of benzene rings is 1. The number of nitrogens with one attached hydrogen (secondary N) is 1. The average Bonchev–Trinajstić information content (AvgIpc) is 2.35. The maximum Gasteiger partial charge on any atom is 0.151 e. The van der Waals surface area contributed by atoms with E-state index in [1.165, 1.54) is 0 Å². The number of aryl methyl sites for hydroxylation is 1. The lowest BCUT2D eigenvalue weighted by Crippen LogP contribution is -2.40. The summed E-state index contributed by atoms with van der Waals surface area (Å²) in [5, 5.41) is 4.67. The number of halogens is 2. The summed E-state index contributed by atoms with van der Waals surface area (Å²) in [6, 6.07) is 5.63. The van der Waals surface area contributed by atoms with Gasteiger partial charge in [0.25, 0.3) is 0 Å². The van der Waals surface area contributed by atoms with E-state index in [4.69, 9.17) is 23.2 Å². The van der Waals surface area contributed by atoms with Gasteiger partial charge >= 0.3 is 0 Å². The van der Waals surface area contributed by atoms with E-state index in [-0.39, 0.29) is 11.8 Å². The maximum atomic E-state index is 11.5. The van der Waals surface area contributed by atoms with E-state index in [2.05, 4.69) is 5.32 Å². The van der Waals surface area contributed by atoms with Crippen molar-refractivity contribution in [2.75, 3.05) is 18.1 Å². The Bertz CT molecular complexity index is 560. The van der Waals surface area contributed by atoms with Gasteiger partial charge in [-0.3, -0.25) is 0 Å².